The Morgan fingerprint density at radius 3 is 2.67 bits per heavy atom. The standard InChI is InChI=1S/C7H3Br3N2/c8-3-1-2-4-6(5(3)9)12-7(10)11-4/h1-2H,(H,11,12). The van der Waals surface area contributed by atoms with Gasteiger partial charge in [0.2, 0.25) is 0 Å². The van der Waals surface area contributed by atoms with Gasteiger partial charge in [0, 0.05) is 4.47 Å². The molecule has 1 heterocycles. The van der Waals surface area contributed by atoms with Crippen LogP contribution in [0.25, 0.3) is 11.0 Å². The lowest BCUT2D eigenvalue weighted by Gasteiger charge is -1.94. The summed E-state index contributed by atoms with van der Waals surface area (Å²) in [5.41, 5.74) is 1.94. The molecule has 0 saturated carbocycles. The van der Waals surface area contributed by atoms with E-state index in [4.69, 9.17) is 0 Å². The van der Waals surface area contributed by atoms with Crippen LogP contribution in [0.1, 0.15) is 0 Å². The number of aromatic amines is 1. The van der Waals surface area contributed by atoms with Gasteiger partial charge in [-0.1, -0.05) is 0 Å². The fourth-order valence-corrected chi connectivity index (χ4v) is 2.13. The van der Waals surface area contributed by atoms with Crippen molar-refractivity contribution in [2.45, 2.75) is 0 Å². The van der Waals surface area contributed by atoms with E-state index in [2.05, 4.69) is 57.8 Å². The van der Waals surface area contributed by atoms with Crippen LogP contribution in [0.2, 0.25) is 0 Å². The van der Waals surface area contributed by atoms with Crippen LogP contribution in [-0.2, 0) is 0 Å². The van der Waals surface area contributed by atoms with Gasteiger partial charge in [-0.15, -0.1) is 0 Å². The minimum atomic E-state index is 0.747. The number of H-pyrrole nitrogens is 1. The van der Waals surface area contributed by atoms with E-state index in [1.165, 1.54) is 0 Å². The number of aromatic nitrogens is 2. The van der Waals surface area contributed by atoms with Crippen molar-refractivity contribution < 1.29 is 0 Å². The van der Waals surface area contributed by atoms with Crippen molar-refractivity contribution in [1.82, 2.24) is 9.97 Å². The summed E-state index contributed by atoms with van der Waals surface area (Å²) in [5, 5.41) is 0. The van der Waals surface area contributed by atoms with Crippen LogP contribution >= 0.6 is 47.8 Å². The van der Waals surface area contributed by atoms with Gasteiger partial charge in [-0.25, -0.2) is 4.98 Å². The second kappa shape index (κ2) is 3.12. The summed E-state index contributed by atoms with van der Waals surface area (Å²) >= 11 is 10.1. The van der Waals surface area contributed by atoms with Crippen molar-refractivity contribution in [3.63, 3.8) is 0 Å². The van der Waals surface area contributed by atoms with Crippen molar-refractivity contribution in [3.8, 4) is 0 Å². The highest BCUT2D eigenvalue weighted by Crippen LogP contribution is 2.30. The zero-order valence-electron chi connectivity index (χ0n) is 5.74. The highest BCUT2D eigenvalue weighted by atomic mass is 79.9. The van der Waals surface area contributed by atoms with Gasteiger partial charge in [-0.05, 0) is 59.9 Å². The molecule has 5 heteroatoms. The summed E-state index contributed by atoms with van der Waals surface area (Å²) in [4.78, 5) is 7.34. The van der Waals surface area contributed by atoms with E-state index in [0.717, 1.165) is 24.7 Å². The molecule has 0 fully saturated rings. The molecule has 0 atom stereocenters. The van der Waals surface area contributed by atoms with Crippen LogP contribution in [0.5, 0.6) is 0 Å². The van der Waals surface area contributed by atoms with Crippen LogP contribution in [0.3, 0.4) is 0 Å². The molecule has 0 saturated heterocycles. The normalized spacial score (nSPS) is 10.9. The van der Waals surface area contributed by atoms with Gasteiger partial charge in [-0.2, -0.15) is 0 Å². The minimum absolute atomic E-state index is 0.747. The molecule has 0 aliphatic heterocycles. The molecule has 1 N–H and O–H groups in total. The van der Waals surface area contributed by atoms with Gasteiger partial charge in [0.05, 0.1) is 9.99 Å². The lowest BCUT2D eigenvalue weighted by atomic mass is 10.3. The molecule has 62 valence electrons. The zero-order chi connectivity index (χ0) is 8.72. The van der Waals surface area contributed by atoms with E-state index in [0.29, 0.717) is 0 Å². The SMILES string of the molecule is Brc1nc2c(Br)c(Br)ccc2[nH]1. The second-order valence-electron chi connectivity index (χ2n) is 2.29. The zero-order valence-corrected chi connectivity index (χ0v) is 10.5. The number of halogens is 3. The quantitative estimate of drug-likeness (QED) is 0.765. The monoisotopic (exact) mass is 352 g/mol. The number of nitrogens with one attached hydrogen (secondary N) is 1. The largest absolute Gasteiger partial charge is 0.332 e. The highest BCUT2D eigenvalue weighted by Gasteiger charge is 2.06. The maximum atomic E-state index is 4.26. The fourth-order valence-electron chi connectivity index (χ4n) is 0.987. The predicted molar refractivity (Wildman–Crippen MR) is 59.2 cm³/mol. The van der Waals surface area contributed by atoms with Gasteiger partial charge in [0.25, 0.3) is 0 Å². The maximum Gasteiger partial charge on any atom is 0.175 e. The molecule has 2 aromatic rings. The smallest absolute Gasteiger partial charge is 0.175 e. The van der Waals surface area contributed by atoms with E-state index in [9.17, 15) is 0 Å². The predicted octanol–water partition coefficient (Wildman–Crippen LogP) is 3.85. The van der Waals surface area contributed by atoms with E-state index >= 15 is 0 Å². The lowest BCUT2D eigenvalue weighted by Crippen LogP contribution is -1.73. The Bertz CT molecular complexity index is 435. The van der Waals surface area contributed by atoms with Crippen molar-refractivity contribution in [2.24, 2.45) is 0 Å². The summed E-state index contributed by atoms with van der Waals surface area (Å²) in [6.07, 6.45) is 0. The van der Waals surface area contributed by atoms with E-state index < -0.39 is 0 Å². The first kappa shape index (κ1) is 8.72. The number of benzene rings is 1. The van der Waals surface area contributed by atoms with Gasteiger partial charge in [0.15, 0.2) is 4.73 Å². The summed E-state index contributed by atoms with van der Waals surface area (Å²) in [6, 6.07) is 3.94. The highest BCUT2D eigenvalue weighted by molar-refractivity contribution is 9.13. The van der Waals surface area contributed by atoms with E-state index in [1.807, 2.05) is 12.1 Å². The Morgan fingerprint density at radius 2 is 1.92 bits per heavy atom. The molecular formula is C7H3Br3N2. The summed E-state index contributed by atoms with van der Waals surface area (Å²) < 4.78 is 2.73. The summed E-state index contributed by atoms with van der Waals surface area (Å²) in [5.74, 6) is 0. The second-order valence-corrected chi connectivity index (χ2v) is 4.68. The van der Waals surface area contributed by atoms with Crippen LogP contribution in [-0.4, -0.2) is 9.97 Å². The third-order valence-electron chi connectivity index (χ3n) is 1.52. The van der Waals surface area contributed by atoms with Crippen molar-refractivity contribution >= 4 is 58.8 Å². The Kier molecular flexibility index (Phi) is 2.27. The topological polar surface area (TPSA) is 28.7 Å². The third-order valence-corrected chi connectivity index (χ3v) is 3.89. The average molecular weight is 355 g/mol. The van der Waals surface area contributed by atoms with Crippen LogP contribution in [0.15, 0.2) is 25.8 Å². The Balaban J connectivity index is 2.89. The molecule has 0 unspecified atom stereocenters. The van der Waals surface area contributed by atoms with Gasteiger partial charge >= 0.3 is 0 Å². The molecule has 0 aliphatic carbocycles. The number of rotatable bonds is 0. The van der Waals surface area contributed by atoms with Crippen LogP contribution in [0, 0.1) is 0 Å². The Morgan fingerprint density at radius 1 is 1.17 bits per heavy atom. The lowest BCUT2D eigenvalue weighted by molar-refractivity contribution is 1.27. The first-order chi connectivity index (χ1) is 5.68. The first-order valence-corrected chi connectivity index (χ1v) is 5.55. The average Bonchev–Trinajstić information content (AvgIpc) is 2.39. The van der Waals surface area contributed by atoms with Crippen molar-refractivity contribution in [3.05, 3.63) is 25.8 Å². The maximum absolute atomic E-state index is 4.26. The molecule has 0 spiro atoms. The molecule has 2 rings (SSSR count). The number of imidazole rings is 1. The molecule has 1 aromatic carbocycles. The fraction of sp³-hybridized carbons (Fsp3) is 0. The first-order valence-electron chi connectivity index (χ1n) is 3.17. The number of fused-ring (bicyclic) bond motifs is 1. The van der Waals surface area contributed by atoms with Gasteiger partial charge < -0.3 is 4.98 Å². The Labute approximate surface area is 94.1 Å². The molecule has 12 heavy (non-hydrogen) atoms. The molecule has 0 aliphatic rings. The molecule has 0 bridgehead atoms. The van der Waals surface area contributed by atoms with E-state index in [1.54, 1.807) is 0 Å². The molecule has 1 aromatic heterocycles. The number of hydrogen-bond acceptors (Lipinski definition) is 1. The Hall–Kier alpha value is 0.130. The number of hydrogen-bond donors (Lipinski definition) is 1. The van der Waals surface area contributed by atoms with Crippen LogP contribution < -0.4 is 0 Å². The third kappa shape index (κ3) is 1.34. The van der Waals surface area contributed by atoms with Crippen LogP contribution in [0.4, 0.5) is 0 Å². The van der Waals surface area contributed by atoms with Gasteiger partial charge in [-0.3, -0.25) is 0 Å². The van der Waals surface area contributed by atoms with Gasteiger partial charge in [0.1, 0.15) is 5.52 Å². The number of nitrogens with zero attached hydrogens (tertiary/aromatic N) is 1. The molecule has 2 nitrogen and oxygen atoms in total. The summed E-state index contributed by atoms with van der Waals surface area (Å²) in [6.45, 7) is 0. The summed E-state index contributed by atoms with van der Waals surface area (Å²) in [7, 11) is 0. The van der Waals surface area contributed by atoms with Crippen molar-refractivity contribution in [2.75, 3.05) is 0 Å². The minimum Gasteiger partial charge on any atom is -0.332 e. The molecular weight excluding hydrogens is 352 g/mol. The van der Waals surface area contributed by atoms with E-state index in [-0.39, 0.29) is 0 Å². The molecule has 0 radical (unpaired) electrons. The van der Waals surface area contributed by atoms with Crippen molar-refractivity contribution in [1.29, 1.82) is 0 Å². The molecule has 0 amide bonds.